The Morgan fingerprint density at radius 1 is 0.850 bits per heavy atom. The molecule has 0 atom stereocenters. The molecular weight excluding hydrogens is 366 g/mol. The normalized spacial score (nSPS) is 11.2. The van der Waals surface area contributed by atoms with Gasteiger partial charge in [-0.25, -0.2) is 0 Å². The Morgan fingerprint density at radius 2 is 1.25 bits per heavy atom. The van der Waals surface area contributed by atoms with Gasteiger partial charge in [-0.2, -0.15) is 0 Å². The van der Waals surface area contributed by atoms with Crippen molar-refractivity contribution < 1.29 is 20.8 Å². The van der Waals surface area contributed by atoms with Crippen molar-refractivity contribution >= 4 is 17.0 Å². The Labute approximate surface area is 140 Å². The summed E-state index contributed by atoms with van der Waals surface area (Å²) in [5.41, 5.74) is 8.81. The van der Waals surface area contributed by atoms with Gasteiger partial charge in [0.1, 0.15) is 0 Å². The molecule has 3 rings (SSSR count). The number of aryl methyl sites for hydroxylation is 2. The maximum atomic E-state index is 4.93. The minimum atomic E-state index is -0.826. The molecule has 1 aliphatic rings. The van der Waals surface area contributed by atoms with E-state index < -0.39 is 20.8 Å². The second kappa shape index (κ2) is 7.78. The molecule has 20 heavy (non-hydrogen) atoms. The number of hydrogen-bond acceptors (Lipinski definition) is 0. The first-order valence-electron chi connectivity index (χ1n) is 6.93. The van der Waals surface area contributed by atoms with E-state index in [2.05, 4.69) is 50.2 Å². The van der Waals surface area contributed by atoms with E-state index in [9.17, 15) is 0 Å². The molecule has 0 amide bonds. The van der Waals surface area contributed by atoms with E-state index in [0.29, 0.717) is 0 Å². The monoisotopic (exact) mass is 382 g/mol. The summed E-state index contributed by atoms with van der Waals surface area (Å²) in [6, 6.07) is 13.9. The van der Waals surface area contributed by atoms with Gasteiger partial charge in [-0.05, 0) is 52.6 Å². The molecular formula is C17H18Cl2Zr. The fourth-order valence-corrected chi connectivity index (χ4v) is 2.76. The molecule has 0 aliphatic heterocycles. The molecule has 0 N–H and O–H groups in total. The third-order valence-electron chi connectivity index (χ3n) is 3.83. The van der Waals surface area contributed by atoms with Crippen molar-refractivity contribution in [2.24, 2.45) is 0 Å². The van der Waals surface area contributed by atoms with E-state index in [0.717, 1.165) is 19.3 Å². The van der Waals surface area contributed by atoms with Gasteiger partial charge in [0.15, 0.2) is 0 Å². The third kappa shape index (κ3) is 3.56. The zero-order chi connectivity index (χ0) is 14.5. The van der Waals surface area contributed by atoms with Gasteiger partial charge < -0.3 is 0 Å². The van der Waals surface area contributed by atoms with Crippen LogP contribution in [0.4, 0.5) is 0 Å². The van der Waals surface area contributed by atoms with Crippen LogP contribution in [0.25, 0.3) is 11.1 Å². The van der Waals surface area contributed by atoms with Crippen LogP contribution in [0.1, 0.15) is 36.1 Å². The van der Waals surface area contributed by atoms with Crippen LogP contribution in [0.3, 0.4) is 0 Å². The van der Waals surface area contributed by atoms with Gasteiger partial charge in [-0.3, -0.25) is 0 Å². The van der Waals surface area contributed by atoms with E-state index in [4.69, 9.17) is 17.0 Å². The molecule has 0 spiro atoms. The minimum absolute atomic E-state index is 0.826. The zero-order valence-corrected chi connectivity index (χ0v) is 15.8. The van der Waals surface area contributed by atoms with Gasteiger partial charge in [0.2, 0.25) is 0 Å². The molecule has 3 heteroatoms. The number of halogens is 2. The molecule has 0 nitrogen and oxygen atoms in total. The van der Waals surface area contributed by atoms with Crippen molar-refractivity contribution in [2.45, 2.75) is 33.1 Å². The average Bonchev–Trinajstić information content (AvgIpc) is 2.84. The van der Waals surface area contributed by atoms with Crippen molar-refractivity contribution in [2.75, 3.05) is 0 Å². The van der Waals surface area contributed by atoms with Gasteiger partial charge in [0.05, 0.1) is 0 Å². The van der Waals surface area contributed by atoms with Crippen LogP contribution in [-0.4, -0.2) is 0 Å². The Morgan fingerprint density at radius 3 is 1.60 bits per heavy atom. The number of hydrogen-bond donors (Lipinski definition) is 0. The third-order valence-corrected chi connectivity index (χ3v) is 3.83. The van der Waals surface area contributed by atoms with Crippen LogP contribution in [0.5, 0.6) is 0 Å². The van der Waals surface area contributed by atoms with Gasteiger partial charge in [-0.1, -0.05) is 50.2 Å². The van der Waals surface area contributed by atoms with Crippen molar-refractivity contribution in [3.63, 3.8) is 0 Å². The molecule has 0 fully saturated rings. The Bertz CT molecular complexity index is 542. The fraction of sp³-hybridized carbons (Fsp3) is 0.294. The van der Waals surface area contributed by atoms with E-state index in [1.165, 1.54) is 33.4 Å². The average molecular weight is 384 g/mol. The van der Waals surface area contributed by atoms with Crippen molar-refractivity contribution in [3.05, 3.63) is 58.7 Å². The molecule has 104 valence electrons. The summed E-state index contributed by atoms with van der Waals surface area (Å²) < 4.78 is 0. The molecule has 0 unspecified atom stereocenters. The van der Waals surface area contributed by atoms with Gasteiger partial charge in [0.25, 0.3) is 0 Å². The summed E-state index contributed by atoms with van der Waals surface area (Å²) in [5.74, 6) is 0. The maximum absolute atomic E-state index is 4.93. The van der Waals surface area contributed by atoms with Crippen LogP contribution in [0.15, 0.2) is 36.4 Å². The summed E-state index contributed by atoms with van der Waals surface area (Å²) in [4.78, 5) is 0. The van der Waals surface area contributed by atoms with E-state index in [-0.39, 0.29) is 0 Å². The first kappa shape index (κ1) is 16.3. The van der Waals surface area contributed by atoms with Gasteiger partial charge >= 0.3 is 37.9 Å². The summed E-state index contributed by atoms with van der Waals surface area (Å²) in [7, 11) is 9.87. The fourth-order valence-electron chi connectivity index (χ4n) is 2.76. The summed E-state index contributed by atoms with van der Waals surface area (Å²) in [6.45, 7) is 4.44. The van der Waals surface area contributed by atoms with E-state index in [1.807, 2.05) is 0 Å². The molecule has 0 saturated heterocycles. The number of fused-ring (bicyclic) bond motifs is 3. The Kier molecular flexibility index (Phi) is 6.33. The summed E-state index contributed by atoms with van der Waals surface area (Å²) in [5, 5.41) is 0. The first-order valence-corrected chi connectivity index (χ1v) is 13.3. The summed E-state index contributed by atoms with van der Waals surface area (Å²) >= 11 is -0.826. The Hall–Kier alpha value is -0.0969. The Balaban J connectivity index is 0.000000452. The molecule has 0 radical (unpaired) electrons. The van der Waals surface area contributed by atoms with Crippen LogP contribution >= 0.6 is 17.0 Å². The predicted octanol–water partition coefficient (Wildman–Crippen LogP) is 5.76. The van der Waals surface area contributed by atoms with Crippen LogP contribution in [-0.2, 0) is 40.1 Å². The summed E-state index contributed by atoms with van der Waals surface area (Å²) in [6.07, 6.45) is 3.38. The van der Waals surface area contributed by atoms with Crippen LogP contribution < -0.4 is 0 Å². The van der Waals surface area contributed by atoms with Crippen LogP contribution in [0, 0.1) is 0 Å². The molecule has 0 bridgehead atoms. The molecule has 2 aromatic rings. The van der Waals surface area contributed by atoms with Crippen molar-refractivity contribution in [3.8, 4) is 11.1 Å². The topological polar surface area (TPSA) is 0 Å². The van der Waals surface area contributed by atoms with Gasteiger partial charge in [0, 0.05) is 0 Å². The zero-order valence-electron chi connectivity index (χ0n) is 11.8. The quantitative estimate of drug-likeness (QED) is 0.527. The van der Waals surface area contributed by atoms with Crippen LogP contribution in [0.2, 0.25) is 0 Å². The second-order valence-corrected chi connectivity index (χ2v) is 8.67. The number of rotatable bonds is 2. The van der Waals surface area contributed by atoms with E-state index in [1.54, 1.807) is 0 Å². The standard InChI is InChI=1S/C17H18.2ClH.Zr/c1-3-12-5-7-16-14(9-12)11-15-10-13(4-2)6-8-17(15)16;;;/h5-10H,3-4,11H2,1-2H3;2*1H;/q;;;+2/p-2. The molecule has 1 aliphatic carbocycles. The molecule has 2 aromatic carbocycles. The first-order chi connectivity index (χ1) is 9.73. The molecule has 0 aromatic heterocycles. The van der Waals surface area contributed by atoms with Gasteiger partial charge in [-0.15, -0.1) is 0 Å². The van der Waals surface area contributed by atoms with Crippen molar-refractivity contribution in [1.29, 1.82) is 0 Å². The SMILES string of the molecule is CCc1ccc2c(c1)Cc1cc(CC)ccc1-2.[Cl][Zr][Cl]. The molecule has 0 saturated carbocycles. The number of benzene rings is 2. The molecule has 0 heterocycles. The van der Waals surface area contributed by atoms with E-state index >= 15 is 0 Å². The van der Waals surface area contributed by atoms with Crippen molar-refractivity contribution in [1.82, 2.24) is 0 Å². The second-order valence-electron chi connectivity index (χ2n) is 4.94. The predicted molar refractivity (Wildman–Crippen MR) is 85.1 cm³/mol.